The van der Waals surface area contributed by atoms with Gasteiger partial charge < -0.3 is 14.8 Å². The Hall–Kier alpha value is -3.79. The van der Waals surface area contributed by atoms with Crippen LogP contribution in [0.2, 0.25) is 0 Å². The van der Waals surface area contributed by atoms with Gasteiger partial charge in [0.1, 0.15) is 22.1 Å². The zero-order chi connectivity index (χ0) is 22.5. The summed E-state index contributed by atoms with van der Waals surface area (Å²) in [5, 5.41) is 13.6. The number of carbonyl (C=O) groups excluding carboxylic acids is 2. The number of halogens is 1. The number of carbonyl (C=O) groups is 2. The molecule has 0 aliphatic rings. The van der Waals surface area contributed by atoms with Crippen LogP contribution in [0.1, 0.15) is 16.6 Å². The molecule has 0 spiro atoms. The predicted molar refractivity (Wildman–Crippen MR) is 113 cm³/mol. The highest BCUT2D eigenvalue weighted by Gasteiger charge is 2.24. The Bertz CT molecular complexity index is 1130. The van der Waals surface area contributed by atoms with Crippen LogP contribution >= 0.6 is 11.3 Å². The highest BCUT2D eigenvalue weighted by Crippen LogP contribution is 2.30. The van der Waals surface area contributed by atoms with Gasteiger partial charge in [0, 0.05) is 4.88 Å². The molecule has 160 valence electrons. The SMILES string of the molecule is COc1ccc(NC(=O)C(C)OC(=O)c2ccc(-c3ccc(F)cc3)s2)c([N+](=O)[O-])c1. The van der Waals surface area contributed by atoms with Crippen LogP contribution < -0.4 is 10.1 Å². The van der Waals surface area contributed by atoms with Crippen LogP contribution in [0.25, 0.3) is 10.4 Å². The number of rotatable bonds is 7. The smallest absolute Gasteiger partial charge is 0.349 e. The molecule has 2 aromatic carbocycles. The first-order valence-corrected chi connectivity index (χ1v) is 9.80. The fourth-order valence-corrected chi connectivity index (χ4v) is 3.51. The lowest BCUT2D eigenvalue weighted by molar-refractivity contribution is -0.384. The van der Waals surface area contributed by atoms with Crippen molar-refractivity contribution in [2.75, 3.05) is 12.4 Å². The summed E-state index contributed by atoms with van der Waals surface area (Å²) in [7, 11) is 1.37. The number of hydrogen-bond donors (Lipinski definition) is 1. The molecule has 0 bridgehead atoms. The number of anilines is 1. The molecule has 1 unspecified atom stereocenters. The first kappa shape index (κ1) is 21.9. The van der Waals surface area contributed by atoms with Gasteiger partial charge in [-0.05, 0) is 48.9 Å². The Morgan fingerprint density at radius 3 is 2.48 bits per heavy atom. The number of esters is 1. The first-order valence-electron chi connectivity index (χ1n) is 8.98. The lowest BCUT2D eigenvalue weighted by atomic mass is 10.2. The van der Waals surface area contributed by atoms with E-state index in [1.54, 1.807) is 24.3 Å². The van der Waals surface area contributed by atoms with Crippen molar-refractivity contribution in [2.45, 2.75) is 13.0 Å². The molecule has 0 aliphatic heterocycles. The topological polar surface area (TPSA) is 108 Å². The predicted octanol–water partition coefficient (Wildman–Crippen LogP) is 4.66. The molecule has 1 heterocycles. The summed E-state index contributed by atoms with van der Waals surface area (Å²) in [5.74, 6) is -1.54. The van der Waals surface area contributed by atoms with Gasteiger partial charge in [0.25, 0.3) is 11.6 Å². The number of amides is 1. The third kappa shape index (κ3) is 5.23. The zero-order valence-corrected chi connectivity index (χ0v) is 17.3. The van der Waals surface area contributed by atoms with Crippen LogP contribution in [0.15, 0.2) is 54.6 Å². The third-order valence-electron chi connectivity index (χ3n) is 4.25. The second-order valence-electron chi connectivity index (χ2n) is 6.35. The number of nitro benzene ring substituents is 1. The molecule has 1 amide bonds. The van der Waals surface area contributed by atoms with Crippen molar-refractivity contribution in [1.29, 1.82) is 0 Å². The number of benzene rings is 2. The summed E-state index contributed by atoms with van der Waals surface area (Å²) in [6.45, 7) is 1.36. The monoisotopic (exact) mass is 444 g/mol. The number of ether oxygens (including phenoxy) is 2. The van der Waals surface area contributed by atoms with Crippen LogP contribution in [-0.4, -0.2) is 30.0 Å². The number of nitro groups is 1. The maximum Gasteiger partial charge on any atom is 0.349 e. The van der Waals surface area contributed by atoms with Gasteiger partial charge in [0.15, 0.2) is 6.10 Å². The minimum absolute atomic E-state index is 0.0478. The molecular formula is C21H17FN2O6S. The maximum absolute atomic E-state index is 13.1. The van der Waals surface area contributed by atoms with E-state index in [2.05, 4.69) is 5.32 Å². The molecule has 0 fully saturated rings. The Morgan fingerprint density at radius 2 is 1.84 bits per heavy atom. The lowest BCUT2D eigenvalue weighted by Gasteiger charge is -2.13. The number of nitrogens with zero attached hydrogens (tertiary/aromatic N) is 1. The summed E-state index contributed by atoms with van der Waals surface area (Å²) in [6.07, 6.45) is -1.20. The van der Waals surface area contributed by atoms with Crippen LogP contribution in [0, 0.1) is 15.9 Å². The Kier molecular flexibility index (Phi) is 6.61. The molecule has 3 rings (SSSR count). The molecule has 0 radical (unpaired) electrons. The van der Waals surface area contributed by atoms with E-state index < -0.39 is 22.9 Å². The lowest BCUT2D eigenvalue weighted by Crippen LogP contribution is -2.30. The van der Waals surface area contributed by atoms with E-state index in [0.717, 1.165) is 21.8 Å². The molecule has 10 heteroatoms. The summed E-state index contributed by atoms with van der Waals surface area (Å²) >= 11 is 1.14. The van der Waals surface area contributed by atoms with E-state index >= 15 is 0 Å². The molecular weight excluding hydrogens is 427 g/mol. The number of hydrogen-bond acceptors (Lipinski definition) is 7. The van der Waals surface area contributed by atoms with Crippen molar-refractivity contribution in [2.24, 2.45) is 0 Å². The van der Waals surface area contributed by atoms with Gasteiger partial charge in [-0.15, -0.1) is 11.3 Å². The van der Waals surface area contributed by atoms with Crippen LogP contribution in [0.3, 0.4) is 0 Å². The average Bonchev–Trinajstić information content (AvgIpc) is 3.24. The minimum atomic E-state index is -1.20. The molecule has 8 nitrogen and oxygen atoms in total. The second-order valence-corrected chi connectivity index (χ2v) is 7.43. The molecule has 1 aromatic heterocycles. The molecule has 31 heavy (non-hydrogen) atoms. The Morgan fingerprint density at radius 1 is 1.13 bits per heavy atom. The molecule has 3 aromatic rings. The van der Waals surface area contributed by atoms with E-state index in [1.807, 2.05) is 0 Å². The Balaban J connectivity index is 1.67. The largest absolute Gasteiger partial charge is 0.496 e. The average molecular weight is 444 g/mol. The van der Waals surface area contributed by atoms with E-state index in [9.17, 15) is 24.1 Å². The fraction of sp³-hybridized carbons (Fsp3) is 0.143. The van der Waals surface area contributed by atoms with Crippen LogP contribution in [0.4, 0.5) is 15.8 Å². The molecule has 1 N–H and O–H groups in total. The number of nitrogens with one attached hydrogen (secondary N) is 1. The van der Waals surface area contributed by atoms with Crippen molar-refractivity contribution >= 4 is 34.6 Å². The van der Waals surface area contributed by atoms with Crippen molar-refractivity contribution in [3.63, 3.8) is 0 Å². The van der Waals surface area contributed by atoms with Gasteiger partial charge in [0.2, 0.25) is 0 Å². The van der Waals surface area contributed by atoms with E-state index in [0.29, 0.717) is 0 Å². The highest BCUT2D eigenvalue weighted by molar-refractivity contribution is 7.17. The summed E-state index contributed by atoms with van der Waals surface area (Å²) in [6, 6.07) is 13.0. The van der Waals surface area contributed by atoms with E-state index in [-0.39, 0.29) is 27.8 Å². The van der Waals surface area contributed by atoms with Crippen LogP contribution in [0.5, 0.6) is 5.75 Å². The Labute approximate surface area is 180 Å². The van der Waals surface area contributed by atoms with Crippen molar-refractivity contribution < 1.29 is 28.4 Å². The van der Waals surface area contributed by atoms with E-state index in [4.69, 9.17) is 9.47 Å². The minimum Gasteiger partial charge on any atom is -0.496 e. The second kappa shape index (κ2) is 9.35. The fourth-order valence-electron chi connectivity index (χ4n) is 2.62. The normalized spacial score (nSPS) is 11.5. The maximum atomic E-state index is 13.1. The quantitative estimate of drug-likeness (QED) is 0.323. The highest BCUT2D eigenvalue weighted by atomic mass is 32.1. The third-order valence-corrected chi connectivity index (χ3v) is 5.36. The van der Waals surface area contributed by atoms with Gasteiger partial charge in [0.05, 0.1) is 18.1 Å². The number of methoxy groups -OCH3 is 1. The van der Waals surface area contributed by atoms with Crippen molar-refractivity contribution in [3.05, 3.63) is 75.4 Å². The standard InChI is InChI=1S/C21H17FN2O6S/c1-12(20(25)23-16-8-7-15(29-2)11-17(16)24(27)28)30-21(26)19-10-9-18(31-19)13-3-5-14(22)6-4-13/h3-12H,1-2H3,(H,23,25). The molecule has 0 aliphatic carbocycles. The summed E-state index contributed by atoms with van der Waals surface area (Å²) in [5.41, 5.74) is 0.338. The van der Waals surface area contributed by atoms with E-state index in [1.165, 1.54) is 44.4 Å². The van der Waals surface area contributed by atoms with Gasteiger partial charge in [-0.2, -0.15) is 0 Å². The number of thiophene rings is 1. The molecule has 0 saturated carbocycles. The summed E-state index contributed by atoms with van der Waals surface area (Å²) < 4.78 is 23.2. The first-order chi connectivity index (χ1) is 14.8. The van der Waals surface area contributed by atoms with Crippen LogP contribution in [-0.2, 0) is 9.53 Å². The van der Waals surface area contributed by atoms with Gasteiger partial charge in [-0.25, -0.2) is 9.18 Å². The van der Waals surface area contributed by atoms with Gasteiger partial charge in [-0.1, -0.05) is 12.1 Å². The van der Waals surface area contributed by atoms with Crippen molar-refractivity contribution in [3.8, 4) is 16.2 Å². The van der Waals surface area contributed by atoms with Gasteiger partial charge >= 0.3 is 5.97 Å². The van der Waals surface area contributed by atoms with Gasteiger partial charge in [-0.3, -0.25) is 14.9 Å². The molecule has 0 saturated heterocycles. The van der Waals surface area contributed by atoms with Crippen molar-refractivity contribution in [1.82, 2.24) is 0 Å². The molecule has 1 atom stereocenters. The summed E-state index contributed by atoms with van der Waals surface area (Å²) in [4.78, 5) is 36.4. The zero-order valence-electron chi connectivity index (χ0n) is 16.5.